The van der Waals surface area contributed by atoms with Crippen molar-refractivity contribution in [2.24, 2.45) is 0 Å². The molecule has 38 heavy (non-hydrogen) atoms. The van der Waals surface area contributed by atoms with E-state index in [4.69, 9.17) is 0 Å². The second-order valence-corrected chi connectivity index (χ2v) is 11.0. The maximum atomic E-state index is 13.2. The molecule has 0 aliphatic carbocycles. The number of rotatable bonds is 7. The maximum Gasteiger partial charge on any atom is 0.320 e. The lowest BCUT2D eigenvalue weighted by Gasteiger charge is -2.38. The number of hydrogen-bond donors (Lipinski definition) is 2. The Morgan fingerprint density at radius 2 is 1.95 bits per heavy atom. The number of nitrogens with one attached hydrogen (secondary N) is 2. The minimum atomic E-state index is 0.167. The van der Waals surface area contributed by atoms with Gasteiger partial charge in [-0.2, -0.15) is 0 Å². The van der Waals surface area contributed by atoms with Gasteiger partial charge >= 0.3 is 6.03 Å². The Bertz CT molecular complexity index is 1450. The molecule has 4 aromatic rings. The van der Waals surface area contributed by atoms with E-state index in [1.54, 1.807) is 17.7 Å². The lowest BCUT2D eigenvalue weighted by molar-refractivity contribution is 0.114. The quantitative estimate of drug-likeness (QED) is 0.314. The van der Waals surface area contributed by atoms with E-state index >= 15 is 0 Å². The van der Waals surface area contributed by atoms with E-state index in [0.29, 0.717) is 6.54 Å². The summed E-state index contributed by atoms with van der Waals surface area (Å²) in [5.41, 5.74) is 6.88. The van der Waals surface area contributed by atoms with Gasteiger partial charge in [-0.3, -0.25) is 4.90 Å². The minimum absolute atomic E-state index is 0.167. The largest absolute Gasteiger partial charge is 0.340 e. The summed E-state index contributed by atoms with van der Waals surface area (Å²) in [7, 11) is 0. The van der Waals surface area contributed by atoms with Crippen molar-refractivity contribution >= 4 is 55.7 Å². The molecule has 0 radical (unpaired) electrons. The molecule has 2 aliphatic rings. The van der Waals surface area contributed by atoms with Gasteiger partial charge in [0.1, 0.15) is 17.8 Å². The van der Waals surface area contributed by atoms with Crippen molar-refractivity contribution in [3.8, 4) is 0 Å². The van der Waals surface area contributed by atoms with E-state index in [-0.39, 0.29) is 6.03 Å². The van der Waals surface area contributed by atoms with E-state index in [1.807, 2.05) is 27.4 Å². The summed E-state index contributed by atoms with van der Waals surface area (Å²) in [5.74, 6) is 0.767. The number of aromatic amines is 1. The molecule has 198 valence electrons. The Morgan fingerprint density at radius 3 is 2.76 bits per heavy atom. The molecule has 2 amide bonds. The number of H-pyrrole nitrogens is 1. The van der Waals surface area contributed by atoms with Crippen LogP contribution < -0.4 is 5.32 Å². The third-order valence-electron chi connectivity index (χ3n) is 7.57. The molecule has 2 N–H and O–H groups in total. The number of fused-ring (bicyclic) bond motifs is 2. The molecule has 0 unspecified atom stereocenters. The summed E-state index contributed by atoms with van der Waals surface area (Å²) >= 11 is 1.62. The topological polar surface area (TPSA) is 93.3 Å². The van der Waals surface area contributed by atoms with Crippen LogP contribution in [0.2, 0.25) is 0 Å². The van der Waals surface area contributed by atoms with Crippen molar-refractivity contribution in [1.29, 1.82) is 0 Å². The summed E-state index contributed by atoms with van der Waals surface area (Å²) < 4.78 is 1.13. The number of aromatic nitrogens is 4. The zero-order chi connectivity index (χ0) is 25.9. The predicted octanol–water partition coefficient (Wildman–Crippen LogP) is 5.33. The van der Waals surface area contributed by atoms with Crippen LogP contribution in [0.5, 0.6) is 0 Å². The zero-order valence-corrected chi connectivity index (χ0v) is 22.6. The van der Waals surface area contributed by atoms with E-state index in [9.17, 15) is 4.79 Å². The number of carbonyl (C=O) groups is 1. The first kappa shape index (κ1) is 24.8. The summed E-state index contributed by atoms with van der Waals surface area (Å²) in [6.45, 7) is 8.35. The van der Waals surface area contributed by atoms with Crippen LogP contribution in [0, 0.1) is 0 Å². The second kappa shape index (κ2) is 11.1. The molecule has 10 heteroatoms. The molecule has 0 atom stereocenters. The SMILES string of the molecule is CCCCCN1CCN(C(=O)N2CC=C(c3cc4c(Nc5ccc6ncsc6c5)ncnc4[nH]3)CC2)CC1. The fourth-order valence-corrected chi connectivity index (χ4v) is 6.03. The molecule has 0 saturated carbocycles. The molecule has 9 nitrogen and oxygen atoms in total. The Hall–Kier alpha value is -3.50. The molecule has 1 saturated heterocycles. The van der Waals surface area contributed by atoms with Gasteiger partial charge in [0.2, 0.25) is 0 Å². The van der Waals surface area contributed by atoms with E-state index in [0.717, 1.165) is 84.1 Å². The standard InChI is InChI=1S/C28H34N8OS/c1-2-3-4-9-34-12-14-36(15-13-34)28(37)35-10-7-20(8-11-35)24-17-22-26(29-18-30-27(22)33-24)32-21-5-6-23-25(16-21)38-19-31-23/h5-7,16-19H,2-4,8-15H2,1H3,(H2,29,30,32,33). The van der Waals surface area contributed by atoms with Crippen molar-refractivity contribution < 1.29 is 4.79 Å². The lowest BCUT2D eigenvalue weighted by Crippen LogP contribution is -2.53. The Morgan fingerprint density at radius 1 is 1.05 bits per heavy atom. The molecular weight excluding hydrogens is 496 g/mol. The molecule has 2 aliphatic heterocycles. The van der Waals surface area contributed by atoms with Gasteiger partial charge in [-0.25, -0.2) is 19.7 Å². The predicted molar refractivity (Wildman–Crippen MR) is 154 cm³/mol. The summed E-state index contributed by atoms with van der Waals surface area (Å²) in [6.07, 6.45) is 8.35. The number of carbonyl (C=O) groups excluding carboxylic acids is 1. The molecule has 5 heterocycles. The monoisotopic (exact) mass is 530 g/mol. The smallest absolute Gasteiger partial charge is 0.320 e. The van der Waals surface area contributed by atoms with Gasteiger partial charge in [-0.1, -0.05) is 25.8 Å². The van der Waals surface area contributed by atoms with Crippen molar-refractivity contribution in [2.45, 2.75) is 32.6 Å². The van der Waals surface area contributed by atoms with E-state index in [1.165, 1.54) is 24.8 Å². The lowest BCUT2D eigenvalue weighted by atomic mass is 10.0. The van der Waals surface area contributed by atoms with Gasteiger partial charge < -0.3 is 20.1 Å². The van der Waals surface area contributed by atoms with E-state index in [2.05, 4.69) is 55.3 Å². The van der Waals surface area contributed by atoms with Gasteiger partial charge in [-0.15, -0.1) is 11.3 Å². The Balaban J connectivity index is 1.10. The number of unbranched alkanes of at least 4 members (excludes halogenated alkanes) is 2. The molecule has 1 aromatic carbocycles. The number of thiazole rings is 1. The molecule has 0 spiro atoms. The first-order chi connectivity index (χ1) is 18.7. The Labute approximate surface area is 226 Å². The molecular formula is C28H34N8OS. The van der Waals surface area contributed by atoms with Crippen molar-refractivity contribution in [1.82, 2.24) is 34.6 Å². The highest BCUT2D eigenvalue weighted by Gasteiger charge is 2.26. The number of piperazine rings is 1. The molecule has 1 fully saturated rings. The highest BCUT2D eigenvalue weighted by molar-refractivity contribution is 7.16. The average Bonchev–Trinajstić information content (AvgIpc) is 3.61. The van der Waals surface area contributed by atoms with Crippen LogP contribution in [0.15, 0.2) is 42.2 Å². The van der Waals surface area contributed by atoms with E-state index < -0.39 is 0 Å². The number of nitrogens with zero attached hydrogens (tertiary/aromatic N) is 6. The maximum absolute atomic E-state index is 13.2. The summed E-state index contributed by atoms with van der Waals surface area (Å²) in [6, 6.07) is 8.41. The van der Waals surface area contributed by atoms with Crippen molar-refractivity contribution in [2.75, 3.05) is 51.1 Å². The fourth-order valence-electron chi connectivity index (χ4n) is 5.32. The number of anilines is 2. The van der Waals surface area contributed by atoms with Gasteiger partial charge in [-0.05, 0) is 49.2 Å². The average molecular weight is 531 g/mol. The van der Waals surface area contributed by atoms with Crippen LogP contribution in [0.25, 0.3) is 26.8 Å². The second-order valence-electron chi connectivity index (χ2n) is 10.1. The van der Waals surface area contributed by atoms with Crippen LogP contribution in [-0.4, -0.2) is 86.5 Å². The van der Waals surface area contributed by atoms with Crippen LogP contribution in [0.3, 0.4) is 0 Å². The number of benzene rings is 1. The van der Waals surface area contributed by atoms with Gasteiger partial charge in [0.15, 0.2) is 0 Å². The number of amides is 2. The zero-order valence-electron chi connectivity index (χ0n) is 21.8. The summed E-state index contributed by atoms with van der Waals surface area (Å²) in [5, 5.41) is 4.39. The molecule has 0 bridgehead atoms. The van der Waals surface area contributed by atoms with Gasteiger partial charge in [0.25, 0.3) is 0 Å². The van der Waals surface area contributed by atoms with Crippen LogP contribution in [0.1, 0.15) is 38.3 Å². The summed E-state index contributed by atoms with van der Waals surface area (Å²) in [4.78, 5) is 36.4. The highest BCUT2D eigenvalue weighted by atomic mass is 32.1. The Kier molecular flexibility index (Phi) is 7.24. The highest BCUT2D eigenvalue weighted by Crippen LogP contribution is 2.30. The number of hydrogen-bond acceptors (Lipinski definition) is 7. The third-order valence-corrected chi connectivity index (χ3v) is 8.36. The number of urea groups is 1. The molecule has 3 aromatic heterocycles. The van der Waals surface area contributed by atoms with Gasteiger partial charge in [0, 0.05) is 50.6 Å². The normalized spacial score (nSPS) is 16.8. The third kappa shape index (κ3) is 5.23. The minimum Gasteiger partial charge on any atom is -0.340 e. The van der Waals surface area contributed by atoms with Crippen molar-refractivity contribution in [3.05, 3.63) is 47.9 Å². The fraction of sp³-hybridized carbons (Fsp3) is 0.429. The first-order valence-corrected chi connectivity index (χ1v) is 14.5. The first-order valence-electron chi connectivity index (χ1n) is 13.6. The van der Waals surface area contributed by atoms with Crippen molar-refractivity contribution in [3.63, 3.8) is 0 Å². The van der Waals surface area contributed by atoms with Crippen LogP contribution in [-0.2, 0) is 0 Å². The van der Waals surface area contributed by atoms with Gasteiger partial charge in [0.05, 0.1) is 21.1 Å². The van der Waals surface area contributed by atoms with Crippen LogP contribution >= 0.6 is 11.3 Å². The molecule has 6 rings (SSSR count). The van der Waals surface area contributed by atoms with Crippen LogP contribution in [0.4, 0.5) is 16.3 Å².